The Labute approximate surface area is 91.7 Å². The molecule has 2 heteroatoms. The molecule has 1 aromatic heterocycles. The number of rotatable bonds is 0. The van der Waals surface area contributed by atoms with Gasteiger partial charge in [-0.25, -0.2) is 0 Å². The van der Waals surface area contributed by atoms with Crippen LogP contribution in [0.3, 0.4) is 0 Å². The van der Waals surface area contributed by atoms with Gasteiger partial charge in [0.15, 0.2) is 0 Å². The summed E-state index contributed by atoms with van der Waals surface area (Å²) < 4.78 is 2.58. The zero-order chi connectivity index (χ0) is 9.84. The minimum atomic E-state index is 1.22. The number of halogens is 1. The predicted octanol–water partition coefficient (Wildman–Crippen LogP) is 5.00. The number of aryl methyl sites for hydroxylation is 1. The standard InChI is InChI=1S/C9H7BrS.C2H6/c1-6-3-2-4-8-9(6)7(10)5-11-8;1-2/h2-5H,1H3;1-2H3. The van der Waals surface area contributed by atoms with Gasteiger partial charge in [0.1, 0.15) is 0 Å². The first-order chi connectivity index (χ1) is 6.29. The van der Waals surface area contributed by atoms with E-state index in [4.69, 9.17) is 0 Å². The van der Waals surface area contributed by atoms with E-state index in [1.54, 1.807) is 11.3 Å². The van der Waals surface area contributed by atoms with Gasteiger partial charge < -0.3 is 0 Å². The molecule has 0 aliphatic carbocycles. The molecule has 0 saturated carbocycles. The summed E-state index contributed by atoms with van der Waals surface area (Å²) in [5, 5.41) is 3.50. The molecule has 70 valence electrons. The van der Waals surface area contributed by atoms with Crippen molar-refractivity contribution in [2.45, 2.75) is 20.8 Å². The van der Waals surface area contributed by atoms with Crippen molar-refractivity contribution >= 4 is 37.4 Å². The Hall–Kier alpha value is -0.340. The summed E-state index contributed by atoms with van der Waals surface area (Å²) in [6, 6.07) is 6.39. The maximum Gasteiger partial charge on any atom is 0.0363 e. The van der Waals surface area contributed by atoms with Gasteiger partial charge in [-0.15, -0.1) is 11.3 Å². The average Bonchev–Trinajstić information content (AvgIpc) is 2.53. The Morgan fingerprint density at radius 1 is 1.23 bits per heavy atom. The Kier molecular flexibility index (Phi) is 3.94. The van der Waals surface area contributed by atoms with Crippen LogP contribution in [0.15, 0.2) is 28.1 Å². The van der Waals surface area contributed by atoms with E-state index in [1.165, 1.54) is 20.1 Å². The molecule has 0 atom stereocenters. The highest BCUT2D eigenvalue weighted by Gasteiger charge is 2.01. The highest BCUT2D eigenvalue weighted by molar-refractivity contribution is 9.10. The third-order valence-corrected chi connectivity index (χ3v) is 3.64. The molecule has 13 heavy (non-hydrogen) atoms. The summed E-state index contributed by atoms with van der Waals surface area (Å²) in [6.45, 7) is 6.14. The van der Waals surface area contributed by atoms with Crippen LogP contribution in [0.1, 0.15) is 19.4 Å². The lowest BCUT2D eigenvalue weighted by molar-refractivity contribution is 1.50. The Morgan fingerprint density at radius 2 is 1.92 bits per heavy atom. The van der Waals surface area contributed by atoms with E-state index >= 15 is 0 Å². The van der Waals surface area contributed by atoms with E-state index < -0.39 is 0 Å². The quantitative estimate of drug-likeness (QED) is 0.623. The van der Waals surface area contributed by atoms with Crippen molar-refractivity contribution in [3.05, 3.63) is 33.6 Å². The molecule has 0 fully saturated rings. The average molecular weight is 257 g/mol. The SMILES string of the molecule is CC.Cc1cccc2scc(Br)c12. The summed E-state index contributed by atoms with van der Waals surface area (Å²) in [4.78, 5) is 0. The minimum Gasteiger partial charge on any atom is -0.143 e. The zero-order valence-electron chi connectivity index (χ0n) is 8.10. The van der Waals surface area contributed by atoms with Crippen LogP contribution in [-0.4, -0.2) is 0 Å². The topological polar surface area (TPSA) is 0 Å². The molecule has 2 rings (SSSR count). The Bertz CT molecular complexity index is 390. The summed E-state index contributed by atoms with van der Waals surface area (Å²) >= 11 is 5.31. The number of hydrogen-bond acceptors (Lipinski definition) is 1. The van der Waals surface area contributed by atoms with Gasteiger partial charge in [-0.3, -0.25) is 0 Å². The van der Waals surface area contributed by atoms with Crippen LogP contribution in [0.2, 0.25) is 0 Å². The third-order valence-electron chi connectivity index (χ3n) is 1.76. The van der Waals surface area contributed by atoms with Gasteiger partial charge in [0.2, 0.25) is 0 Å². The number of thiophene rings is 1. The van der Waals surface area contributed by atoms with E-state index in [1.807, 2.05) is 13.8 Å². The van der Waals surface area contributed by atoms with Gasteiger partial charge in [-0.2, -0.15) is 0 Å². The second kappa shape index (κ2) is 4.77. The first-order valence-corrected chi connectivity index (χ1v) is 6.08. The third kappa shape index (κ3) is 2.12. The van der Waals surface area contributed by atoms with E-state index in [0.29, 0.717) is 0 Å². The van der Waals surface area contributed by atoms with Gasteiger partial charge >= 0.3 is 0 Å². The monoisotopic (exact) mass is 256 g/mol. The van der Waals surface area contributed by atoms with E-state index in [-0.39, 0.29) is 0 Å². The zero-order valence-corrected chi connectivity index (χ0v) is 10.5. The molecule has 0 bridgehead atoms. The summed E-state index contributed by atoms with van der Waals surface area (Å²) in [7, 11) is 0. The second-order valence-electron chi connectivity index (χ2n) is 2.53. The molecule has 0 saturated heterocycles. The molecule has 0 spiro atoms. The fraction of sp³-hybridized carbons (Fsp3) is 0.273. The maximum absolute atomic E-state index is 3.53. The van der Waals surface area contributed by atoms with Crippen LogP contribution in [0.4, 0.5) is 0 Å². The van der Waals surface area contributed by atoms with E-state index in [0.717, 1.165) is 0 Å². The molecule has 0 nitrogen and oxygen atoms in total. The highest BCUT2D eigenvalue weighted by Crippen LogP contribution is 2.32. The first-order valence-electron chi connectivity index (χ1n) is 4.41. The second-order valence-corrected chi connectivity index (χ2v) is 4.30. The lowest BCUT2D eigenvalue weighted by Gasteiger charge is -1.94. The first kappa shape index (κ1) is 10.7. The fourth-order valence-corrected chi connectivity index (χ4v) is 3.05. The van der Waals surface area contributed by atoms with Crippen molar-refractivity contribution in [1.82, 2.24) is 0 Å². The molecule has 2 aromatic rings. The summed E-state index contributed by atoms with van der Waals surface area (Å²) in [5.74, 6) is 0. The Morgan fingerprint density at radius 3 is 2.54 bits per heavy atom. The molecule has 0 N–H and O–H groups in total. The van der Waals surface area contributed by atoms with Gasteiger partial charge in [0.25, 0.3) is 0 Å². The lowest BCUT2D eigenvalue weighted by Crippen LogP contribution is -1.71. The van der Waals surface area contributed by atoms with Gasteiger partial charge in [0, 0.05) is 19.9 Å². The summed E-state index contributed by atoms with van der Waals surface area (Å²) in [5.41, 5.74) is 1.34. The highest BCUT2D eigenvalue weighted by atomic mass is 79.9. The van der Waals surface area contributed by atoms with E-state index in [2.05, 4.69) is 46.4 Å². The van der Waals surface area contributed by atoms with Crippen LogP contribution < -0.4 is 0 Å². The van der Waals surface area contributed by atoms with Crippen molar-refractivity contribution in [2.75, 3.05) is 0 Å². The van der Waals surface area contributed by atoms with Crippen molar-refractivity contribution < 1.29 is 0 Å². The van der Waals surface area contributed by atoms with Crippen molar-refractivity contribution in [3.63, 3.8) is 0 Å². The smallest absolute Gasteiger partial charge is 0.0363 e. The van der Waals surface area contributed by atoms with Crippen LogP contribution in [0.25, 0.3) is 10.1 Å². The van der Waals surface area contributed by atoms with Crippen molar-refractivity contribution in [2.24, 2.45) is 0 Å². The molecule has 1 aromatic carbocycles. The number of hydrogen-bond donors (Lipinski definition) is 0. The molecule has 0 aliphatic heterocycles. The van der Waals surface area contributed by atoms with Gasteiger partial charge in [-0.05, 0) is 34.5 Å². The fourth-order valence-electron chi connectivity index (χ4n) is 1.22. The van der Waals surface area contributed by atoms with Crippen molar-refractivity contribution in [1.29, 1.82) is 0 Å². The van der Waals surface area contributed by atoms with Crippen LogP contribution in [0, 0.1) is 6.92 Å². The minimum absolute atomic E-state index is 1.22. The molecular formula is C11H13BrS. The van der Waals surface area contributed by atoms with Crippen LogP contribution in [-0.2, 0) is 0 Å². The van der Waals surface area contributed by atoms with Gasteiger partial charge in [-0.1, -0.05) is 26.0 Å². The molecule has 0 aliphatic rings. The molecular weight excluding hydrogens is 244 g/mol. The van der Waals surface area contributed by atoms with Crippen LogP contribution in [0.5, 0.6) is 0 Å². The predicted molar refractivity (Wildman–Crippen MR) is 65.6 cm³/mol. The number of fused-ring (bicyclic) bond motifs is 1. The maximum atomic E-state index is 3.53. The molecule has 0 amide bonds. The van der Waals surface area contributed by atoms with E-state index in [9.17, 15) is 0 Å². The molecule has 0 radical (unpaired) electrons. The Balaban J connectivity index is 0.000000396. The molecule has 0 unspecified atom stereocenters. The largest absolute Gasteiger partial charge is 0.143 e. The van der Waals surface area contributed by atoms with Gasteiger partial charge in [0.05, 0.1) is 0 Å². The lowest BCUT2D eigenvalue weighted by atomic mass is 10.2. The van der Waals surface area contributed by atoms with Crippen LogP contribution >= 0.6 is 27.3 Å². The summed E-state index contributed by atoms with van der Waals surface area (Å²) in [6.07, 6.45) is 0. The number of benzene rings is 1. The normalized spacial score (nSPS) is 9.54. The van der Waals surface area contributed by atoms with Crippen molar-refractivity contribution in [3.8, 4) is 0 Å². The molecule has 1 heterocycles.